The van der Waals surface area contributed by atoms with Gasteiger partial charge in [-0.05, 0) is 29.7 Å². The molecule has 1 aromatic heterocycles. The Morgan fingerprint density at radius 1 is 1.15 bits per heavy atom. The predicted molar refractivity (Wildman–Crippen MR) is 120 cm³/mol. The van der Waals surface area contributed by atoms with Crippen LogP contribution >= 0.6 is 11.3 Å². The molecule has 0 unspecified atom stereocenters. The zero-order chi connectivity index (χ0) is 24.0. The summed E-state index contributed by atoms with van der Waals surface area (Å²) in [5, 5.41) is 14.6. The number of carboxylic acid groups (broad SMARTS) is 1. The van der Waals surface area contributed by atoms with Crippen LogP contribution in [0.25, 0.3) is 11.1 Å². The molecule has 1 saturated heterocycles. The number of carbonyl (C=O) groups is 3. The van der Waals surface area contributed by atoms with Crippen molar-refractivity contribution in [3.8, 4) is 11.1 Å². The Morgan fingerprint density at radius 2 is 1.91 bits per heavy atom. The number of nitrogens with zero attached hydrogens (tertiary/aromatic N) is 2. The number of thiazole rings is 1. The van der Waals surface area contributed by atoms with Gasteiger partial charge >= 0.3 is 5.97 Å². The number of rotatable bonds is 5. The number of fused-ring (bicyclic) bond motifs is 3. The molecule has 3 aromatic rings. The number of halogens is 2. The number of amides is 2. The van der Waals surface area contributed by atoms with E-state index in [-0.39, 0.29) is 41.1 Å². The van der Waals surface area contributed by atoms with Crippen molar-refractivity contribution in [2.24, 2.45) is 0 Å². The van der Waals surface area contributed by atoms with E-state index in [1.165, 1.54) is 40.5 Å². The highest BCUT2D eigenvalue weighted by atomic mass is 32.1. The van der Waals surface area contributed by atoms with Crippen LogP contribution in [0.1, 0.15) is 38.8 Å². The largest absolute Gasteiger partial charge is 0.480 e. The second kappa shape index (κ2) is 8.28. The van der Waals surface area contributed by atoms with Crippen molar-refractivity contribution >= 4 is 29.1 Å². The molecule has 2 heterocycles. The maximum Gasteiger partial charge on any atom is 0.326 e. The molecular formula is C24H19F2N3O4S. The normalized spacial score (nSPS) is 20.0. The summed E-state index contributed by atoms with van der Waals surface area (Å²) in [5.41, 5.74) is 0.493. The number of alkyl halides is 2. The van der Waals surface area contributed by atoms with E-state index in [1.807, 2.05) is 0 Å². The van der Waals surface area contributed by atoms with E-state index in [0.29, 0.717) is 5.56 Å². The van der Waals surface area contributed by atoms with E-state index in [0.717, 1.165) is 5.01 Å². The lowest BCUT2D eigenvalue weighted by Crippen LogP contribution is -2.45. The molecule has 2 aliphatic rings. The number of carbonyl (C=O) groups excluding carboxylic acids is 2. The third-order valence-corrected chi connectivity index (χ3v) is 7.22. The Hall–Kier alpha value is -3.66. The third kappa shape index (κ3) is 3.63. The van der Waals surface area contributed by atoms with Crippen LogP contribution in [0.15, 0.2) is 54.0 Å². The molecule has 2 atom stereocenters. The van der Waals surface area contributed by atoms with Gasteiger partial charge in [0.2, 0.25) is 5.91 Å². The van der Waals surface area contributed by atoms with Crippen LogP contribution < -0.4 is 5.32 Å². The summed E-state index contributed by atoms with van der Waals surface area (Å²) in [6.45, 7) is -0.207. The number of nitrogens with one attached hydrogen (secondary N) is 1. The van der Waals surface area contributed by atoms with Gasteiger partial charge in [0.05, 0.1) is 11.6 Å². The van der Waals surface area contributed by atoms with Crippen molar-refractivity contribution in [2.75, 3.05) is 13.1 Å². The van der Waals surface area contributed by atoms with Gasteiger partial charge in [-0.1, -0.05) is 30.3 Å². The Balaban J connectivity index is 1.30. The molecule has 0 bridgehead atoms. The molecule has 0 radical (unpaired) electrons. The SMILES string of the molecule is O=C(NCC(=O)N1C[C@@H](c2nccs2)C[C@H]1C(=O)O)c1ccc2c(c1)-c1ccccc1C2(F)F. The van der Waals surface area contributed by atoms with E-state index in [1.54, 1.807) is 29.8 Å². The summed E-state index contributed by atoms with van der Waals surface area (Å²) >= 11 is 1.40. The molecule has 1 aliphatic heterocycles. The van der Waals surface area contributed by atoms with Gasteiger partial charge in [0, 0.05) is 40.7 Å². The van der Waals surface area contributed by atoms with Crippen LogP contribution in [0.3, 0.4) is 0 Å². The van der Waals surface area contributed by atoms with Crippen LogP contribution in [0.4, 0.5) is 8.78 Å². The molecule has 1 aliphatic carbocycles. The average Bonchev–Trinajstić information content (AvgIpc) is 3.55. The zero-order valence-electron chi connectivity index (χ0n) is 17.7. The number of hydrogen-bond acceptors (Lipinski definition) is 5. The van der Waals surface area contributed by atoms with Crippen molar-refractivity contribution < 1.29 is 28.3 Å². The van der Waals surface area contributed by atoms with Gasteiger partial charge in [-0.2, -0.15) is 8.78 Å². The zero-order valence-corrected chi connectivity index (χ0v) is 18.5. The lowest BCUT2D eigenvalue weighted by atomic mass is 10.0. The maximum atomic E-state index is 14.7. The third-order valence-electron chi connectivity index (χ3n) is 6.28. The fourth-order valence-corrected chi connectivity index (χ4v) is 5.39. The first kappa shape index (κ1) is 22.1. The van der Waals surface area contributed by atoms with E-state index in [2.05, 4.69) is 10.3 Å². The minimum atomic E-state index is -3.15. The summed E-state index contributed by atoms with van der Waals surface area (Å²) in [5.74, 6) is -5.58. The molecule has 2 aromatic carbocycles. The second-order valence-corrected chi connectivity index (χ2v) is 9.19. The van der Waals surface area contributed by atoms with E-state index in [9.17, 15) is 28.3 Å². The van der Waals surface area contributed by atoms with Crippen LogP contribution in [0, 0.1) is 0 Å². The molecular weight excluding hydrogens is 464 g/mol. The van der Waals surface area contributed by atoms with Crippen LogP contribution in [-0.2, 0) is 15.5 Å². The van der Waals surface area contributed by atoms with Crippen molar-refractivity contribution in [3.63, 3.8) is 0 Å². The molecule has 0 saturated carbocycles. The predicted octanol–water partition coefficient (Wildman–Crippen LogP) is 3.46. The fourth-order valence-electron chi connectivity index (χ4n) is 4.64. The Labute approximate surface area is 197 Å². The van der Waals surface area contributed by atoms with E-state index < -0.39 is 36.3 Å². The quantitative estimate of drug-likeness (QED) is 0.579. The van der Waals surface area contributed by atoms with Gasteiger partial charge in [0.25, 0.3) is 11.8 Å². The Bertz CT molecular complexity index is 1300. The van der Waals surface area contributed by atoms with Gasteiger partial charge in [0.15, 0.2) is 0 Å². The minimum Gasteiger partial charge on any atom is -0.480 e. The van der Waals surface area contributed by atoms with E-state index >= 15 is 0 Å². The van der Waals surface area contributed by atoms with E-state index in [4.69, 9.17) is 0 Å². The molecule has 174 valence electrons. The molecule has 2 N–H and O–H groups in total. The summed E-state index contributed by atoms with van der Waals surface area (Å²) in [6, 6.07) is 9.06. The van der Waals surface area contributed by atoms with Gasteiger partial charge in [-0.25, -0.2) is 9.78 Å². The Kier molecular flexibility index (Phi) is 5.40. The minimum absolute atomic E-state index is 0.110. The topological polar surface area (TPSA) is 99.6 Å². The fraction of sp³-hybridized carbons (Fsp3) is 0.250. The molecule has 1 fully saturated rings. The average molecular weight is 483 g/mol. The smallest absolute Gasteiger partial charge is 0.326 e. The number of carboxylic acids is 1. The van der Waals surface area contributed by atoms with Crippen LogP contribution in [0.2, 0.25) is 0 Å². The summed E-state index contributed by atoms with van der Waals surface area (Å²) < 4.78 is 29.4. The van der Waals surface area contributed by atoms with Gasteiger partial charge in [-0.3, -0.25) is 9.59 Å². The molecule has 0 spiro atoms. The monoisotopic (exact) mass is 483 g/mol. The number of benzene rings is 2. The number of hydrogen-bond donors (Lipinski definition) is 2. The second-order valence-electron chi connectivity index (χ2n) is 8.27. The number of aromatic nitrogens is 1. The van der Waals surface area contributed by atoms with Crippen molar-refractivity contribution in [2.45, 2.75) is 24.3 Å². The number of likely N-dealkylation sites (tertiary alicyclic amines) is 1. The lowest BCUT2D eigenvalue weighted by molar-refractivity contribution is -0.147. The number of aliphatic carboxylic acids is 1. The lowest BCUT2D eigenvalue weighted by Gasteiger charge is -2.21. The van der Waals surface area contributed by atoms with Gasteiger partial charge in [0.1, 0.15) is 6.04 Å². The maximum absolute atomic E-state index is 14.7. The highest BCUT2D eigenvalue weighted by Crippen LogP contribution is 2.50. The standard InChI is InChI=1S/C24H19F2N3O4S/c25-24(26)17-4-2-1-3-15(17)16-9-13(5-6-18(16)24)21(31)28-11-20(30)29-12-14(10-19(29)23(32)33)22-27-7-8-34-22/h1-9,14,19H,10-12H2,(H,28,31)(H,32,33)/t14-,19-/m0/s1. The highest BCUT2D eigenvalue weighted by Gasteiger charge is 2.44. The molecule has 7 nitrogen and oxygen atoms in total. The van der Waals surface area contributed by atoms with Gasteiger partial charge < -0.3 is 15.3 Å². The summed E-state index contributed by atoms with van der Waals surface area (Å²) in [6.07, 6.45) is 1.88. The summed E-state index contributed by atoms with van der Waals surface area (Å²) in [7, 11) is 0. The Morgan fingerprint density at radius 3 is 2.65 bits per heavy atom. The van der Waals surface area contributed by atoms with Gasteiger partial charge in [-0.15, -0.1) is 11.3 Å². The van der Waals surface area contributed by atoms with Crippen molar-refractivity contribution in [1.29, 1.82) is 0 Å². The first-order valence-electron chi connectivity index (χ1n) is 10.6. The molecule has 2 amide bonds. The van der Waals surface area contributed by atoms with Crippen LogP contribution in [0.5, 0.6) is 0 Å². The van der Waals surface area contributed by atoms with Crippen molar-refractivity contribution in [1.82, 2.24) is 15.2 Å². The molecule has 10 heteroatoms. The van der Waals surface area contributed by atoms with Crippen LogP contribution in [-0.4, -0.2) is 51.9 Å². The highest BCUT2D eigenvalue weighted by molar-refractivity contribution is 7.09. The first-order chi connectivity index (χ1) is 16.3. The summed E-state index contributed by atoms with van der Waals surface area (Å²) in [4.78, 5) is 42.6. The molecule has 34 heavy (non-hydrogen) atoms. The molecule has 5 rings (SSSR count). The first-order valence-corrected chi connectivity index (χ1v) is 11.5. The van der Waals surface area contributed by atoms with Crippen molar-refractivity contribution in [3.05, 3.63) is 75.7 Å².